The van der Waals surface area contributed by atoms with Crippen LogP contribution in [0.2, 0.25) is 0 Å². The Hall–Kier alpha value is -5.77. The summed E-state index contributed by atoms with van der Waals surface area (Å²) in [7, 11) is 0. The number of carbonyl (C=O) groups excluding carboxylic acids is 1. The van der Waals surface area contributed by atoms with Gasteiger partial charge in [0.05, 0.1) is 0 Å². The zero-order chi connectivity index (χ0) is 30.8. The minimum absolute atomic E-state index is 0.0694. The summed E-state index contributed by atoms with van der Waals surface area (Å²) in [5, 5.41) is 3.50. The molecular formula is C35H23CuN9O. The Kier molecular flexibility index (Phi) is 6.02. The number of hydrogen-bond acceptors (Lipinski definition) is 7. The van der Waals surface area contributed by atoms with Crippen LogP contribution in [0.25, 0.3) is 89.7 Å². The van der Waals surface area contributed by atoms with E-state index in [4.69, 9.17) is 29.9 Å². The van der Waals surface area contributed by atoms with Crippen LogP contribution in [-0.4, -0.2) is 45.8 Å². The van der Waals surface area contributed by atoms with Gasteiger partial charge in [-0.15, -0.1) is 0 Å². The first-order chi connectivity index (χ1) is 22.6. The van der Waals surface area contributed by atoms with Crippen LogP contribution in [0.1, 0.15) is 13.3 Å². The number of hydrogen-bond donors (Lipinski definition) is 3. The van der Waals surface area contributed by atoms with Crippen molar-refractivity contribution in [1.29, 1.82) is 0 Å². The topological polar surface area (TPSA) is 138 Å². The van der Waals surface area contributed by atoms with E-state index >= 15 is 0 Å². The third-order valence-corrected chi connectivity index (χ3v) is 9.05. The first-order valence-electron chi connectivity index (χ1n) is 14.7. The van der Waals surface area contributed by atoms with Crippen molar-refractivity contribution in [3.8, 4) is 45.6 Å². The number of aromatic nitrogens is 8. The number of nitrogens with zero attached hydrogens (tertiary/aromatic N) is 6. The molecule has 10 nitrogen and oxygen atoms in total. The third kappa shape index (κ3) is 4.21. The Labute approximate surface area is 267 Å². The molecule has 1 amide bonds. The molecule has 4 aromatic carbocycles. The molecule has 0 aliphatic carbocycles. The molecule has 5 heterocycles. The van der Waals surface area contributed by atoms with Gasteiger partial charge in [0.1, 0.15) is 0 Å². The summed E-state index contributed by atoms with van der Waals surface area (Å²) in [5.74, 6) is 2.08. The molecular weight excluding hydrogens is 626 g/mol. The zero-order valence-electron chi connectivity index (χ0n) is 24.3. The van der Waals surface area contributed by atoms with E-state index in [0.29, 0.717) is 52.3 Å². The molecule has 0 atom stereocenters. The predicted octanol–water partition coefficient (Wildman–Crippen LogP) is 6.02. The van der Waals surface area contributed by atoms with Crippen molar-refractivity contribution in [3.63, 3.8) is 0 Å². The Morgan fingerprint density at radius 2 is 1.00 bits per heavy atom. The molecule has 0 fully saturated rings. The van der Waals surface area contributed by atoms with Crippen molar-refractivity contribution >= 4 is 54.5 Å². The van der Waals surface area contributed by atoms with Gasteiger partial charge >= 0.3 is 263 Å². The number of nitrogens with one attached hydrogen (secondary N) is 3. The summed E-state index contributed by atoms with van der Waals surface area (Å²) in [5.41, 5.74) is 5.95. The van der Waals surface area contributed by atoms with Crippen LogP contribution in [0, 0.1) is 0 Å². The molecule has 0 radical (unpaired) electrons. The normalized spacial score (nSPS) is 11.9. The maximum absolute atomic E-state index is 12.2. The van der Waals surface area contributed by atoms with Crippen molar-refractivity contribution in [2.75, 3.05) is 0 Å². The standard InChI is InChI=1S/C32H17N8.C3H7NO.Cu/c1-2-10-18-17(9-1)25-33-26(18)38-28-21-13-5-6-14-22(21)30(35-28)40-32-24-16-8-7-15-23(24)31(36-32)39-29-20-12-4-3-11-19(20)27(34-29)37-25;1-2-3(4)5;/h1-15H,(H2,33,34,35,36,37,38,39,40);2H2,1H3,(H2,4,5);/q;;+1/p-1. The van der Waals surface area contributed by atoms with Crippen molar-refractivity contribution in [2.24, 2.45) is 0 Å². The molecule has 0 saturated heterocycles. The van der Waals surface area contributed by atoms with Crippen LogP contribution in [-0.2, 0) is 20.0 Å². The van der Waals surface area contributed by atoms with Gasteiger partial charge in [0, 0.05) is 0 Å². The van der Waals surface area contributed by atoms with Gasteiger partial charge in [-0.1, -0.05) is 6.07 Å². The molecule has 11 heteroatoms. The maximum atomic E-state index is 12.2. The average molecular weight is 649 g/mol. The summed E-state index contributed by atoms with van der Waals surface area (Å²) >= 11 is 1.37. The molecule has 2 aliphatic rings. The number of H-pyrrole nitrogens is 2. The number of fused-ring (bicyclic) bond motifs is 20. The van der Waals surface area contributed by atoms with E-state index in [-0.39, 0.29) is 5.91 Å². The van der Waals surface area contributed by atoms with Crippen molar-refractivity contribution < 1.29 is 20.0 Å². The van der Waals surface area contributed by atoms with Gasteiger partial charge in [0.25, 0.3) is 0 Å². The second kappa shape index (κ2) is 10.4. The van der Waals surface area contributed by atoms with E-state index in [1.165, 1.54) is 15.2 Å². The number of rotatable bonds is 3. The first-order valence-corrected chi connectivity index (χ1v) is 15.7. The first kappa shape index (κ1) is 26.6. The van der Waals surface area contributed by atoms with Crippen molar-refractivity contribution in [2.45, 2.75) is 13.3 Å². The minimum atomic E-state index is -0.0694. The van der Waals surface area contributed by atoms with Crippen LogP contribution in [0.15, 0.2) is 91.0 Å². The Morgan fingerprint density at radius 1 is 0.565 bits per heavy atom. The number of benzene rings is 4. The summed E-state index contributed by atoms with van der Waals surface area (Å²) < 4.78 is 3.74. The van der Waals surface area contributed by atoms with E-state index < -0.39 is 0 Å². The van der Waals surface area contributed by atoms with Crippen LogP contribution >= 0.6 is 0 Å². The van der Waals surface area contributed by atoms with Gasteiger partial charge in [0.15, 0.2) is 0 Å². The number of amides is 1. The molecule has 0 unspecified atom stereocenters. The molecule has 0 spiro atoms. The van der Waals surface area contributed by atoms with Crippen LogP contribution < -0.4 is 8.79 Å². The average Bonchev–Trinajstić information content (AvgIpc) is 3.83. The number of carbonyl (C=O) groups is 1. The SMILES string of the molecule is CCC(=O)[NH][Cu][c]1cccc2c3nc4nc(nc5[nH]c(nc6nc(nc([nH]3)c12)-c1ccccc1-6)c1ccccc51)-c1ccccc1-4. The Morgan fingerprint density at radius 3 is 1.52 bits per heavy atom. The quantitative estimate of drug-likeness (QED) is 0.199. The second-order valence-corrected chi connectivity index (χ2v) is 11.8. The Balaban J connectivity index is 1.45. The van der Waals surface area contributed by atoms with Crippen molar-refractivity contribution in [1.82, 2.24) is 44.2 Å². The zero-order valence-corrected chi connectivity index (χ0v) is 25.2. The summed E-state index contributed by atoms with van der Waals surface area (Å²) in [6.45, 7) is 1.82. The molecule has 3 aromatic heterocycles. The fourth-order valence-electron chi connectivity index (χ4n) is 5.82. The summed E-state index contributed by atoms with van der Waals surface area (Å²) in [6.07, 6.45) is 0.377. The molecule has 7 aromatic rings. The third-order valence-electron chi connectivity index (χ3n) is 8.02. The van der Waals surface area contributed by atoms with Gasteiger partial charge in [-0.3, -0.25) is 0 Å². The van der Waals surface area contributed by atoms with E-state index in [9.17, 15) is 4.79 Å². The molecule has 225 valence electrons. The fourth-order valence-corrected chi connectivity index (χ4v) is 6.77. The predicted molar refractivity (Wildman–Crippen MR) is 174 cm³/mol. The van der Waals surface area contributed by atoms with E-state index in [2.05, 4.69) is 14.3 Å². The van der Waals surface area contributed by atoms with E-state index in [1.807, 2.05) is 97.9 Å². The number of aromatic amines is 2. The van der Waals surface area contributed by atoms with Gasteiger partial charge in [-0.2, -0.15) is 0 Å². The fraction of sp³-hybridized carbons (Fsp3) is 0.0571. The van der Waals surface area contributed by atoms with Crippen LogP contribution in [0.3, 0.4) is 0 Å². The Bertz CT molecular complexity index is 2570. The molecule has 8 bridgehead atoms. The molecule has 2 aliphatic heterocycles. The molecule has 0 saturated carbocycles. The molecule has 9 rings (SSSR count). The second-order valence-electron chi connectivity index (χ2n) is 10.8. The van der Waals surface area contributed by atoms with Gasteiger partial charge in [-0.25, -0.2) is 0 Å². The summed E-state index contributed by atoms with van der Waals surface area (Å²) in [4.78, 5) is 49.2. The summed E-state index contributed by atoms with van der Waals surface area (Å²) in [6, 6.07) is 29.8. The van der Waals surface area contributed by atoms with Crippen LogP contribution in [0.5, 0.6) is 0 Å². The molecule has 46 heavy (non-hydrogen) atoms. The monoisotopic (exact) mass is 648 g/mol. The van der Waals surface area contributed by atoms with Gasteiger partial charge in [0.2, 0.25) is 0 Å². The molecule has 3 N–H and O–H groups in total. The van der Waals surface area contributed by atoms with Crippen molar-refractivity contribution in [3.05, 3.63) is 91.0 Å². The van der Waals surface area contributed by atoms with E-state index in [1.54, 1.807) is 0 Å². The van der Waals surface area contributed by atoms with E-state index in [0.717, 1.165) is 48.3 Å². The van der Waals surface area contributed by atoms with Crippen LogP contribution in [0.4, 0.5) is 0 Å². The van der Waals surface area contributed by atoms with Gasteiger partial charge in [-0.05, 0) is 0 Å². The van der Waals surface area contributed by atoms with Gasteiger partial charge < -0.3 is 0 Å².